The van der Waals surface area contributed by atoms with Crippen LogP contribution < -0.4 is 10.1 Å². The van der Waals surface area contributed by atoms with Gasteiger partial charge < -0.3 is 14.8 Å². The van der Waals surface area contributed by atoms with Gasteiger partial charge in [0.25, 0.3) is 5.91 Å². The highest BCUT2D eigenvalue weighted by Gasteiger charge is 2.17. The minimum Gasteiger partial charge on any atom is -0.483 e. The number of benzene rings is 2. The summed E-state index contributed by atoms with van der Waals surface area (Å²) in [6, 6.07) is 16.4. The molecule has 1 saturated heterocycles. The van der Waals surface area contributed by atoms with Gasteiger partial charge in [-0.05, 0) is 49.2 Å². The van der Waals surface area contributed by atoms with Gasteiger partial charge in [-0.3, -0.25) is 14.7 Å². The molecule has 0 radical (unpaired) electrons. The van der Waals surface area contributed by atoms with Crippen molar-refractivity contribution in [1.29, 1.82) is 0 Å². The SMILES string of the molecule is Cc1cc(-c2ccc(OCC(=O)N[C@@H](C)c3nccs3)c(CN3CCOCC3)c2)c2ccccc2n1. The second-order valence-corrected chi connectivity index (χ2v) is 9.91. The summed E-state index contributed by atoms with van der Waals surface area (Å²) in [6.07, 6.45) is 1.74. The summed E-state index contributed by atoms with van der Waals surface area (Å²) in [5.74, 6) is 0.548. The standard InChI is InChI=1S/C28H30N4O3S/c1-19-15-24(23-5-3-4-6-25(23)30-19)21-7-8-26(22(16-21)17-32-10-12-34-13-11-32)35-18-27(33)31-20(2)28-29-9-14-36-28/h3-9,14-16,20H,10-13,17-18H2,1-2H3,(H,31,33)/t20-/m0/s1. The third kappa shape index (κ3) is 5.73. The van der Waals surface area contributed by atoms with Gasteiger partial charge in [0, 0.05) is 47.9 Å². The quantitative estimate of drug-likeness (QED) is 0.375. The van der Waals surface area contributed by atoms with Crippen LogP contribution >= 0.6 is 11.3 Å². The lowest BCUT2D eigenvalue weighted by Crippen LogP contribution is -2.36. The molecular weight excluding hydrogens is 472 g/mol. The number of ether oxygens (including phenoxy) is 2. The van der Waals surface area contributed by atoms with Crippen LogP contribution in [0.2, 0.25) is 0 Å². The number of rotatable bonds is 8. The molecule has 0 unspecified atom stereocenters. The molecule has 0 aliphatic carbocycles. The Bertz CT molecular complexity index is 1340. The van der Waals surface area contributed by atoms with Crippen molar-refractivity contribution < 1.29 is 14.3 Å². The van der Waals surface area contributed by atoms with Crippen LogP contribution in [0.1, 0.15) is 29.2 Å². The maximum Gasteiger partial charge on any atom is 0.258 e. The number of nitrogens with one attached hydrogen (secondary N) is 1. The zero-order valence-corrected chi connectivity index (χ0v) is 21.4. The lowest BCUT2D eigenvalue weighted by atomic mass is 9.98. The zero-order valence-electron chi connectivity index (χ0n) is 20.6. The number of carbonyl (C=O) groups excluding carboxylic acids is 1. The van der Waals surface area contributed by atoms with Gasteiger partial charge in [-0.15, -0.1) is 11.3 Å². The number of para-hydroxylation sites is 1. The lowest BCUT2D eigenvalue weighted by Gasteiger charge is -2.27. The molecule has 1 amide bonds. The number of carbonyl (C=O) groups is 1. The molecule has 1 N–H and O–H groups in total. The maximum absolute atomic E-state index is 12.6. The van der Waals surface area contributed by atoms with Gasteiger partial charge in [0.15, 0.2) is 6.61 Å². The van der Waals surface area contributed by atoms with Gasteiger partial charge in [-0.1, -0.05) is 24.3 Å². The normalized spacial score (nSPS) is 15.1. The van der Waals surface area contributed by atoms with Crippen LogP contribution in [-0.2, 0) is 16.1 Å². The van der Waals surface area contributed by atoms with Crippen molar-refractivity contribution in [1.82, 2.24) is 20.2 Å². The van der Waals surface area contributed by atoms with Crippen molar-refractivity contribution in [2.24, 2.45) is 0 Å². The second-order valence-electron chi connectivity index (χ2n) is 8.99. The number of nitrogens with zero attached hydrogens (tertiary/aromatic N) is 3. The zero-order chi connectivity index (χ0) is 24.9. The highest BCUT2D eigenvalue weighted by Crippen LogP contribution is 2.33. The Balaban J connectivity index is 1.40. The van der Waals surface area contributed by atoms with Crippen molar-refractivity contribution in [2.75, 3.05) is 32.9 Å². The van der Waals surface area contributed by atoms with Gasteiger partial charge in [0.05, 0.1) is 24.8 Å². The second kappa shape index (κ2) is 11.2. The molecule has 2 aromatic heterocycles. The molecule has 1 aliphatic heterocycles. The average Bonchev–Trinajstić information content (AvgIpc) is 3.43. The van der Waals surface area contributed by atoms with E-state index in [0.29, 0.717) is 0 Å². The topological polar surface area (TPSA) is 76.6 Å². The van der Waals surface area contributed by atoms with Gasteiger partial charge in [-0.25, -0.2) is 4.98 Å². The van der Waals surface area contributed by atoms with Gasteiger partial charge in [-0.2, -0.15) is 0 Å². The Morgan fingerprint density at radius 2 is 2.03 bits per heavy atom. The third-order valence-corrected chi connectivity index (χ3v) is 7.23. The van der Waals surface area contributed by atoms with Gasteiger partial charge in [0.2, 0.25) is 0 Å². The predicted octanol–water partition coefficient (Wildman–Crippen LogP) is 4.76. The molecular formula is C28H30N4O3S. The first-order chi connectivity index (χ1) is 17.6. The largest absolute Gasteiger partial charge is 0.483 e. The summed E-state index contributed by atoms with van der Waals surface area (Å²) in [7, 11) is 0. The fourth-order valence-electron chi connectivity index (χ4n) is 4.49. The molecule has 1 fully saturated rings. The van der Waals surface area contributed by atoms with Gasteiger partial charge in [0.1, 0.15) is 10.8 Å². The Morgan fingerprint density at radius 3 is 2.83 bits per heavy atom. The molecule has 2 aromatic carbocycles. The van der Waals surface area contributed by atoms with Crippen LogP contribution in [0.15, 0.2) is 60.1 Å². The number of fused-ring (bicyclic) bond motifs is 1. The van der Waals surface area contributed by atoms with Crippen LogP contribution in [0.4, 0.5) is 0 Å². The van der Waals surface area contributed by atoms with E-state index in [0.717, 1.165) is 76.9 Å². The maximum atomic E-state index is 12.6. The van der Waals surface area contributed by atoms with Gasteiger partial charge >= 0.3 is 0 Å². The Labute approximate surface area is 215 Å². The van der Waals surface area contributed by atoms with Crippen molar-refractivity contribution >= 4 is 28.1 Å². The van der Waals surface area contributed by atoms with Crippen molar-refractivity contribution in [2.45, 2.75) is 26.4 Å². The summed E-state index contributed by atoms with van der Waals surface area (Å²) < 4.78 is 11.6. The summed E-state index contributed by atoms with van der Waals surface area (Å²) in [4.78, 5) is 23.9. The number of aryl methyl sites for hydroxylation is 1. The van der Waals surface area contributed by atoms with E-state index in [-0.39, 0.29) is 18.6 Å². The number of thiazole rings is 1. The molecule has 186 valence electrons. The highest BCUT2D eigenvalue weighted by molar-refractivity contribution is 7.09. The molecule has 8 heteroatoms. The predicted molar refractivity (Wildman–Crippen MR) is 142 cm³/mol. The number of hydrogen-bond donors (Lipinski definition) is 1. The number of aromatic nitrogens is 2. The van der Waals surface area contributed by atoms with Crippen molar-refractivity contribution in [3.05, 3.63) is 76.4 Å². The molecule has 5 rings (SSSR count). The average molecular weight is 503 g/mol. The van der Waals surface area contributed by atoms with Crippen LogP contribution in [0.5, 0.6) is 5.75 Å². The van der Waals surface area contributed by atoms with Crippen LogP contribution in [0.3, 0.4) is 0 Å². The van der Waals surface area contributed by atoms with Crippen LogP contribution in [0.25, 0.3) is 22.0 Å². The van der Waals surface area contributed by atoms with E-state index in [9.17, 15) is 4.79 Å². The molecule has 3 heterocycles. The Hall–Kier alpha value is -3.33. The van der Waals surface area contributed by atoms with Crippen LogP contribution in [0, 0.1) is 6.92 Å². The minimum atomic E-state index is -0.171. The summed E-state index contributed by atoms with van der Waals surface area (Å²) in [6.45, 7) is 7.81. The first-order valence-electron chi connectivity index (χ1n) is 12.2. The molecule has 36 heavy (non-hydrogen) atoms. The minimum absolute atomic E-state index is 0.0531. The fourth-order valence-corrected chi connectivity index (χ4v) is 5.14. The van der Waals surface area contributed by atoms with E-state index >= 15 is 0 Å². The molecule has 0 spiro atoms. The molecule has 1 aliphatic rings. The smallest absolute Gasteiger partial charge is 0.258 e. The lowest BCUT2D eigenvalue weighted by molar-refractivity contribution is -0.123. The Morgan fingerprint density at radius 1 is 1.19 bits per heavy atom. The van der Waals surface area contributed by atoms with E-state index in [1.165, 1.54) is 11.3 Å². The van der Waals surface area contributed by atoms with E-state index < -0.39 is 0 Å². The molecule has 0 saturated carbocycles. The fraction of sp³-hybridized carbons (Fsp3) is 0.321. The first-order valence-corrected chi connectivity index (χ1v) is 13.1. The number of pyridine rings is 1. The van der Waals surface area contributed by atoms with Crippen molar-refractivity contribution in [3.63, 3.8) is 0 Å². The molecule has 0 bridgehead atoms. The van der Waals surface area contributed by atoms with E-state index in [2.05, 4.69) is 39.5 Å². The number of hydrogen-bond acceptors (Lipinski definition) is 7. The first kappa shape index (κ1) is 24.4. The van der Waals surface area contributed by atoms with E-state index in [1.54, 1.807) is 6.20 Å². The Kier molecular flexibility index (Phi) is 7.55. The molecule has 1 atom stereocenters. The summed E-state index contributed by atoms with van der Waals surface area (Å²) >= 11 is 1.52. The third-order valence-electron chi connectivity index (χ3n) is 6.27. The molecule has 7 nitrogen and oxygen atoms in total. The van der Waals surface area contributed by atoms with Crippen molar-refractivity contribution in [3.8, 4) is 16.9 Å². The van der Waals surface area contributed by atoms with E-state index in [1.807, 2.05) is 43.5 Å². The summed E-state index contributed by atoms with van der Waals surface area (Å²) in [5, 5.41) is 6.86. The number of morpholine rings is 1. The summed E-state index contributed by atoms with van der Waals surface area (Å²) in [5.41, 5.74) is 5.25. The number of amides is 1. The highest BCUT2D eigenvalue weighted by atomic mass is 32.1. The van der Waals surface area contributed by atoms with Crippen LogP contribution in [-0.4, -0.2) is 53.7 Å². The molecule has 4 aromatic rings. The monoisotopic (exact) mass is 502 g/mol. The van der Waals surface area contributed by atoms with E-state index in [4.69, 9.17) is 14.5 Å².